The van der Waals surface area contributed by atoms with Crippen molar-refractivity contribution in [3.63, 3.8) is 0 Å². The maximum Gasteiger partial charge on any atom is 0.128 e. The molecule has 4 heteroatoms. The standard InChI is InChI=1S/C8H15N3O/c1-11(2)4-3-8-7(5-9)6-12-10-8/h6H,3-5,9H2,1-2H3. The summed E-state index contributed by atoms with van der Waals surface area (Å²) >= 11 is 0. The van der Waals surface area contributed by atoms with Gasteiger partial charge in [0.25, 0.3) is 0 Å². The van der Waals surface area contributed by atoms with Crippen LogP contribution >= 0.6 is 0 Å². The molecule has 0 aromatic carbocycles. The van der Waals surface area contributed by atoms with E-state index in [-0.39, 0.29) is 0 Å². The molecule has 0 aliphatic carbocycles. The molecule has 4 nitrogen and oxygen atoms in total. The summed E-state index contributed by atoms with van der Waals surface area (Å²) in [7, 11) is 4.06. The number of nitrogens with zero attached hydrogens (tertiary/aromatic N) is 2. The van der Waals surface area contributed by atoms with Crippen LogP contribution in [0.4, 0.5) is 0 Å². The Kier molecular flexibility index (Phi) is 3.25. The number of likely N-dealkylation sites (N-methyl/N-ethyl adjacent to an activating group) is 1. The van der Waals surface area contributed by atoms with E-state index in [1.807, 2.05) is 14.1 Å². The van der Waals surface area contributed by atoms with Gasteiger partial charge >= 0.3 is 0 Å². The molecule has 0 fully saturated rings. The Balaban J connectivity index is 2.50. The summed E-state index contributed by atoms with van der Waals surface area (Å²) in [4.78, 5) is 2.11. The third-order valence-electron chi connectivity index (χ3n) is 1.74. The average Bonchev–Trinajstić information content (AvgIpc) is 2.47. The summed E-state index contributed by atoms with van der Waals surface area (Å²) in [5, 5.41) is 3.88. The predicted molar refractivity (Wildman–Crippen MR) is 46.7 cm³/mol. The van der Waals surface area contributed by atoms with E-state index in [9.17, 15) is 0 Å². The summed E-state index contributed by atoms with van der Waals surface area (Å²) in [5.41, 5.74) is 7.48. The topological polar surface area (TPSA) is 55.3 Å². The highest BCUT2D eigenvalue weighted by molar-refractivity contribution is 5.14. The third-order valence-corrected chi connectivity index (χ3v) is 1.74. The van der Waals surface area contributed by atoms with Crippen molar-refractivity contribution in [2.75, 3.05) is 20.6 Å². The Hall–Kier alpha value is -0.870. The smallest absolute Gasteiger partial charge is 0.128 e. The number of hydrogen-bond donors (Lipinski definition) is 1. The monoisotopic (exact) mass is 169 g/mol. The number of hydrogen-bond acceptors (Lipinski definition) is 4. The van der Waals surface area contributed by atoms with Crippen LogP contribution in [0.5, 0.6) is 0 Å². The Morgan fingerprint density at radius 2 is 2.33 bits per heavy atom. The molecule has 0 atom stereocenters. The zero-order valence-corrected chi connectivity index (χ0v) is 7.58. The fourth-order valence-electron chi connectivity index (χ4n) is 0.982. The number of nitrogens with two attached hydrogens (primary N) is 1. The Labute approximate surface area is 72.3 Å². The van der Waals surface area contributed by atoms with E-state index in [0.717, 1.165) is 24.2 Å². The average molecular weight is 169 g/mol. The van der Waals surface area contributed by atoms with E-state index in [0.29, 0.717) is 6.54 Å². The SMILES string of the molecule is CN(C)CCc1nocc1CN. The van der Waals surface area contributed by atoms with Gasteiger partial charge in [-0.05, 0) is 14.1 Å². The maximum absolute atomic E-state index is 5.49. The lowest BCUT2D eigenvalue weighted by atomic mass is 10.2. The van der Waals surface area contributed by atoms with Gasteiger partial charge in [0.15, 0.2) is 0 Å². The molecule has 1 rings (SSSR count). The molecule has 1 aromatic rings. The van der Waals surface area contributed by atoms with Gasteiger partial charge in [-0.3, -0.25) is 0 Å². The van der Waals surface area contributed by atoms with Crippen molar-refractivity contribution < 1.29 is 4.52 Å². The molecular weight excluding hydrogens is 154 g/mol. The van der Waals surface area contributed by atoms with Gasteiger partial charge in [0, 0.05) is 25.1 Å². The van der Waals surface area contributed by atoms with Crippen molar-refractivity contribution >= 4 is 0 Å². The molecule has 0 unspecified atom stereocenters. The first kappa shape index (κ1) is 9.22. The van der Waals surface area contributed by atoms with Gasteiger partial charge in [0.05, 0.1) is 5.69 Å². The van der Waals surface area contributed by atoms with Crippen molar-refractivity contribution in [3.05, 3.63) is 17.5 Å². The highest BCUT2D eigenvalue weighted by atomic mass is 16.5. The van der Waals surface area contributed by atoms with Gasteiger partial charge in [0.2, 0.25) is 0 Å². The first-order chi connectivity index (χ1) is 5.74. The van der Waals surface area contributed by atoms with Gasteiger partial charge in [-0.15, -0.1) is 0 Å². The molecule has 0 spiro atoms. The quantitative estimate of drug-likeness (QED) is 0.701. The molecule has 0 radical (unpaired) electrons. The molecule has 12 heavy (non-hydrogen) atoms. The zero-order chi connectivity index (χ0) is 8.97. The lowest BCUT2D eigenvalue weighted by Gasteiger charge is -2.07. The third kappa shape index (κ3) is 2.32. The van der Waals surface area contributed by atoms with E-state index < -0.39 is 0 Å². The second-order valence-corrected chi connectivity index (χ2v) is 3.04. The van der Waals surface area contributed by atoms with E-state index >= 15 is 0 Å². The zero-order valence-electron chi connectivity index (χ0n) is 7.58. The van der Waals surface area contributed by atoms with Crippen LogP contribution in [0.3, 0.4) is 0 Å². The molecule has 0 saturated heterocycles. The minimum atomic E-state index is 0.506. The van der Waals surface area contributed by atoms with Gasteiger partial charge < -0.3 is 15.2 Å². The van der Waals surface area contributed by atoms with Crippen LogP contribution in [-0.2, 0) is 13.0 Å². The minimum Gasteiger partial charge on any atom is -0.364 e. The normalized spacial score (nSPS) is 11.0. The summed E-state index contributed by atoms with van der Waals surface area (Å²) in [6.07, 6.45) is 2.51. The molecule has 0 bridgehead atoms. The molecular formula is C8H15N3O. The van der Waals surface area contributed by atoms with E-state index in [2.05, 4.69) is 10.1 Å². The van der Waals surface area contributed by atoms with Crippen molar-refractivity contribution in [1.82, 2.24) is 10.1 Å². The minimum absolute atomic E-state index is 0.506. The molecule has 0 aliphatic heterocycles. The van der Waals surface area contributed by atoms with E-state index in [1.54, 1.807) is 6.26 Å². The van der Waals surface area contributed by atoms with Crippen molar-refractivity contribution in [3.8, 4) is 0 Å². The molecule has 68 valence electrons. The van der Waals surface area contributed by atoms with E-state index in [4.69, 9.17) is 10.3 Å². The van der Waals surface area contributed by atoms with Crippen molar-refractivity contribution in [2.24, 2.45) is 5.73 Å². The molecule has 0 aliphatic rings. The predicted octanol–water partition coefficient (Wildman–Crippen LogP) is 0.237. The summed E-state index contributed by atoms with van der Waals surface area (Å²) in [6, 6.07) is 0. The Morgan fingerprint density at radius 1 is 1.58 bits per heavy atom. The van der Waals surface area contributed by atoms with Crippen LogP contribution in [0.15, 0.2) is 10.8 Å². The van der Waals surface area contributed by atoms with Crippen molar-refractivity contribution in [2.45, 2.75) is 13.0 Å². The van der Waals surface area contributed by atoms with Crippen LogP contribution in [0.2, 0.25) is 0 Å². The van der Waals surface area contributed by atoms with Gasteiger partial charge in [-0.1, -0.05) is 5.16 Å². The van der Waals surface area contributed by atoms with Crippen LogP contribution in [0, 0.1) is 0 Å². The fraction of sp³-hybridized carbons (Fsp3) is 0.625. The molecule has 2 N–H and O–H groups in total. The summed E-state index contributed by atoms with van der Waals surface area (Å²) in [5.74, 6) is 0. The van der Waals surface area contributed by atoms with Crippen LogP contribution in [0.1, 0.15) is 11.3 Å². The Morgan fingerprint density at radius 3 is 2.92 bits per heavy atom. The highest BCUT2D eigenvalue weighted by Crippen LogP contribution is 2.06. The fourth-order valence-corrected chi connectivity index (χ4v) is 0.982. The van der Waals surface area contributed by atoms with Crippen molar-refractivity contribution in [1.29, 1.82) is 0 Å². The van der Waals surface area contributed by atoms with Gasteiger partial charge in [-0.2, -0.15) is 0 Å². The molecule has 1 heterocycles. The van der Waals surface area contributed by atoms with Gasteiger partial charge in [0.1, 0.15) is 6.26 Å². The van der Waals surface area contributed by atoms with Crippen LogP contribution < -0.4 is 5.73 Å². The van der Waals surface area contributed by atoms with E-state index in [1.165, 1.54) is 0 Å². The molecule has 0 saturated carbocycles. The largest absolute Gasteiger partial charge is 0.364 e. The maximum atomic E-state index is 5.49. The lowest BCUT2D eigenvalue weighted by Crippen LogP contribution is -2.16. The number of aromatic nitrogens is 1. The molecule has 0 amide bonds. The second-order valence-electron chi connectivity index (χ2n) is 3.04. The molecule has 1 aromatic heterocycles. The first-order valence-electron chi connectivity index (χ1n) is 4.01. The Bertz CT molecular complexity index is 232. The summed E-state index contributed by atoms with van der Waals surface area (Å²) < 4.78 is 4.82. The lowest BCUT2D eigenvalue weighted by molar-refractivity contribution is 0.388. The van der Waals surface area contributed by atoms with Crippen LogP contribution in [-0.4, -0.2) is 30.7 Å². The summed E-state index contributed by atoms with van der Waals surface area (Å²) in [6.45, 7) is 1.48. The second kappa shape index (κ2) is 4.23. The first-order valence-corrected chi connectivity index (χ1v) is 4.01. The highest BCUT2D eigenvalue weighted by Gasteiger charge is 2.05. The van der Waals surface area contributed by atoms with Gasteiger partial charge in [-0.25, -0.2) is 0 Å². The van der Waals surface area contributed by atoms with Crippen LogP contribution in [0.25, 0.3) is 0 Å². The number of rotatable bonds is 4.